The molecule has 2 aliphatic rings. The van der Waals surface area contributed by atoms with Gasteiger partial charge in [0.05, 0.1) is 16.2 Å². The topological polar surface area (TPSA) is 59.2 Å². The number of H-pyrrole nitrogens is 1. The van der Waals surface area contributed by atoms with E-state index in [4.69, 9.17) is 16.3 Å². The molecule has 2 aromatic carbocycles. The standard InChI is InChI=1S/C19H12ClNO3S2/c20-10-7-5-9(6-8-10)15-14-13(16-17(25-15)21-19(23)26-16)11-3-1-2-4-12(11)24-18(14)22/h1-8,13-15H,(H,21,23)/t13-,14-,15-/m0/s1. The lowest BCUT2D eigenvalue weighted by molar-refractivity contribution is -0.140. The summed E-state index contributed by atoms with van der Waals surface area (Å²) >= 11 is 8.72. The van der Waals surface area contributed by atoms with Gasteiger partial charge >= 0.3 is 10.8 Å². The van der Waals surface area contributed by atoms with Crippen molar-refractivity contribution in [3.63, 3.8) is 0 Å². The summed E-state index contributed by atoms with van der Waals surface area (Å²) in [5, 5.41) is 1.33. The number of thiazole rings is 1. The van der Waals surface area contributed by atoms with Gasteiger partial charge in [-0.1, -0.05) is 65.0 Å². The molecule has 5 rings (SSSR count). The summed E-state index contributed by atoms with van der Waals surface area (Å²) in [6.07, 6.45) is 0. The number of hydrogen-bond acceptors (Lipinski definition) is 5. The number of carbonyl (C=O) groups excluding carboxylic acids is 1. The van der Waals surface area contributed by atoms with Crippen LogP contribution in [0.3, 0.4) is 0 Å². The maximum absolute atomic E-state index is 12.9. The Morgan fingerprint density at radius 3 is 2.62 bits per heavy atom. The quantitative estimate of drug-likeness (QED) is 0.478. The number of hydrogen-bond donors (Lipinski definition) is 1. The molecule has 0 bridgehead atoms. The molecule has 2 aliphatic heterocycles. The first-order valence-corrected chi connectivity index (χ1v) is 10.1. The lowest BCUT2D eigenvalue weighted by Gasteiger charge is -2.39. The zero-order valence-corrected chi connectivity index (χ0v) is 15.7. The Hall–Kier alpha value is -2.02. The number of halogens is 1. The molecule has 1 N–H and O–H groups in total. The van der Waals surface area contributed by atoms with E-state index in [0.29, 0.717) is 10.8 Å². The van der Waals surface area contributed by atoms with Gasteiger partial charge in [-0.3, -0.25) is 9.59 Å². The number of ether oxygens (including phenoxy) is 1. The van der Waals surface area contributed by atoms with Crippen LogP contribution in [-0.4, -0.2) is 11.0 Å². The monoisotopic (exact) mass is 401 g/mol. The molecule has 4 nitrogen and oxygen atoms in total. The van der Waals surface area contributed by atoms with Crippen LogP contribution in [0.15, 0.2) is 58.4 Å². The summed E-state index contributed by atoms with van der Waals surface area (Å²) in [5.41, 5.74) is 1.94. The van der Waals surface area contributed by atoms with Gasteiger partial charge in [0.15, 0.2) is 0 Å². The second-order valence-electron chi connectivity index (χ2n) is 6.26. The number of benzene rings is 2. The van der Waals surface area contributed by atoms with E-state index in [1.165, 1.54) is 23.1 Å². The summed E-state index contributed by atoms with van der Waals surface area (Å²) in [6.45, 7) is 0. The van der Waals surface area contributed by atoms with Crippen molar-refractivity contribution in [1.82, 2.24) is 4.98 Å². The van der Waals surface area contributed by atoms with Gasteiger partial charge in [0.1, 0.15) is 5.75 Å². The van der Waals surface area contributed by atoms with E-state index in [1.807, 2.05) is 42.5 Å². The maximum atomic E-state index is 12.9. The average molecular weight is 402 g/mol. The number of para-hydroxylation sites is 1. The Bertz CT molecular complexity index is 1070. The van der Waals surface area contributed by atoms with Crippen LogP contribution in [0.1, 0.15) is 27.2 Å². The first kappa shape index (κ1) is 16.2. The van der Waals surface area contributed by atoms with Gasteiger partial charge in [-0.15, -0.1) is 0 Å². The van der Waals surface area contributed by atoms with Crippen molar-refractivity contribution in [2.24, 2.45) is 5.92 Å². The number of rotatable bonds is 1. The van der Waals surface area contributed by atoms with E-state index < -0.39 is 5.92 Å². The fourth-order valence-corrected chi connectivity index (χ4v) is 6.40. The average Bonchev–Trinajstić information content (AvgIpc) is 3.01. The molecular formula is C19H12ClNO3S2. The van der Waals surface area contributed by atoms with E-state index >= 15 is 0 Å². The number of aromatic nitrogens is 1. The van der Waals surface area contributed by atoms with Crippen molar-refractivity contribution >= 4 is 40.7 Å². The van der Waals surface area contributed by atoms with E-state index in [0.717, 1.165) is 21.0 Å². The minimum Gasteiger partial charge on any atom is -0.426 e. The van der Waals surface area contributed by atoms with Crippen LogP contribution in [0.2, 0.25) is 5.02 Å². The third-order valence-electron chi connectivity index (χ3n) is 4.79. The molecule has 0 fully saturated rings. The predicted octanol–water partition coefficient (Wildman–Crippen LogP) is 4.60. The van der Waals surface area contributed by atoms with E-state index in [1.54, 1.807) is 6.07 Å². The highest BCUT2D eigenvalue weighted by atomic mass is 35.5. The van der Waals surface area contributed by atoms with Crippen LogP contribution in [0.4, 0.5) is 0 Å². The number of nitrogens with one attached hydrogen (secondary N) is 1. The molecule has 0 spiro atoms. The Balaban J connectivity index is 1.73. The Labute approximate surface area is 162 Å². The van der Waals surface area contributed by atoms with Gasteiger partial charge in [-0.25, -0.2) is 0 Å². The first-order valence-electron chi connectivity index (χ1n) is 8.07. The largest absolute Gasteiger partial charge is 0.426 e. The first-order chi connectivity index (χ1) is 12.6. The Morgan fingerprint density at radius 1 is 1.04 bits per heavy atom. The highest BCUT2D eigenvalue weighted by Gasteiger charge is 2.49. The predicted molar refractivity (Wildman–Crippen MR) is 102 cm³/mol. The van der Waals surface area contributed by atoms with Crippen LogP contribution in [-0.2, 0) is 4.79 Å². The molecule has 1 aromatic heterocycles. The van der Waals surface area contributed by atoms with Gasteiger partial charge in [-0.2, -0.15) is 0 Å². The van der Waals surface area contributed by atoms with E-state index in [2.05, 4.69) is 4.98 Å². The number of fused-ring (bicyclic) bond motifs is 5. The molecule has 3 atom stereocenters. The lowest BCUT2D eigenvalue weighted by atomic mass is 9.78. The number of aromatic amines is 1. The molecule has 0 saturated carbocycles. The van der Waals surface area contributed by atoms with Gasteiger partial charge in [-0.05, 0) is 23.8 Å². The zero-order valence-electron chi connectivity index (χ0n) is 13.3. The van der Waals surface area contributed by atoms with Crippen molar-refractivity contribution in [2.45, 2.75) is 16.2 Å². The molecule has 0 unspecified atom stereocenters. The SMILES string of the molecule is O=C1Oc2ccccc2[C@@H]2c3sc(=O)[nH]c3S[C@@H](c3ccc(Cl)cc3)[C@@H]12. The Kier molecular flexibility index (Phi) is 3.74. The highest BCUT2D eigenvalue weighted by Crippen LogP contribution is 2.58. The third kappa shape index (κ3) is 2.44. The number of thioether (sulfide) groups is 1. The normalized spacial score (nSPS) is 23.6. The van der Waals surface area contributed by atoms with Crippen LogP contribution in [0.5, 0.6) is 5.75 Å². The van der Waals surface area contributed by atoms with Crippen molar-refractivity contribution in [3.8, 4) is 5.75 Å². The van der Waals surface area contributed by atoms with Gasteiger partial charge in [0.25, 0.3) is 0 Å². The fourth-order valence-electron chi connectivity index (χ4n) is 3.69. The number of carbonyl (C=O) groups is 1. The minimum absolute atomic E-state index is 0.102. The summed E-state index contributed by atoms with van der Waals surface area (Å²) in [4.78, 5) is 28.7. The molecule has 0 radical (unpaired) electrons. The van der Waals surface area contributed by atoms with Crippen LogP contribution >= 0.6 is 34.7 Å². The molecule has 0 saturated heterocycles. The Morgan fingerprint density at radius 2 is 1.81 bits per heavy atom. The molecule has 0 aliphatic carbocycles. The van der Waals surface area contributed by atoms with Crippen molar-refractivity contribution < 1.29 is 9.53 Å². The molecule has 130 valence electrons. The van der Waals surface area contributed by atoms with Crippen LogP contribution in [0.25, 0.3) is 0 Å². The van der Waals surface area contributed by atoms with Crippen molar-refractivity contribution in [1.29, 1.82) is 0 Å². The second-order valence-corrected chi connectivity index (χ2v) is 8.86. The van der Waals surface area contributed by atoms with Crippen molar-refractivity contribution in [3.05, 3.63) is 79.2 Å². The smallest absolute Gasteiger partial charge is 0.316 e. The maximum Gasteiger partial charge on any atom is 0.316 e. The zero-order chi connectivity index (χ0) is 17.8. The molecule has 0 amide bonds. The van der Waals surface area contributed by atoms with Gasteiger partial charge < -0.3 is 9.72 Å². The van der Waals surface area contributed by atoms with Gasteiger partial charge in [0.2, 0.25) is 0 Å². The van der Waals surface area contributed by atoms with Crippen LogP contribution < -0.4 is 9.61 Å². The molecule has 3 aromatic rings. The summed E-state index contributed by atoms with van der Waals surface area (Å²) in [7, 11) is 0. The summed E-state index contributed by atoms with van der Waals surface area (Å²) in [5.74, 6) is -0.261. The lowest BCUT2D eigenvalue weighted by Crippen LogP contribution is -2.37. The minimum atomic E-state index is -0.393. The van der Waals surface area contributed by atoms with Crippen molar-refractivity contribution in [2.75, 3.05) is 0 Å². The van der Waals surface area contributed by atoms with E-state index in [-0.39, 0.29) is 22.0 Å². The molecule has 3 heterocycles. The fraction of sp³-hybridized carbons (Fsp3) is 0.158. The summed E-state index contributed by atoms with van der Waals surface area (Å²) in [6, 6.07) is 15.1. The van der Waals surface area contributed by atoms with Crippen LogP contribution in [0, 0.1) is 5.92 Å². The highest BCUT2D eigenvalue weighted by molar-refractivity contribution is 7.99. The second kappa shape index (κ2) is 6.01. The molecular weight excluding hydrogens is 390 g/mol. The van der Waals surface area contributed by atoms with Gasteiger partial charge in [0, 0.05) is 21.4 Å². The van der Waals surface area contributed by atoms with E-state index in [9.17, 15) is 9.59 Å². The third-order valence-corrected chi connectivity index (χ3v) is 7.51. The molecule has 7 heteroatoms. The number of esters is 1. The molecule has 26 heavy (non-hydrogen) atoms. The summed E-state index contributed by atoms with van der Waals surface area (Å²) < 4.78 is 5.64.